The van der Waals surface area contributed by atoms with E-state index in [0.29, 0.717) is 10.2 Å². The molecule has 0 bridgehead atoms. The lowest BCUT2D eigenvalue weighted by molar-refractivity contribution is -0.117. The van der Waals surface area contributed by atoms with Crippen LogP contribution >= 0.6 is 27.5 Å². The molecule has 3 N–H and O–H groups in total. The first-order chi connectivity index (χ1) is 8.61. The highest BCUT2D eigenvalue weighted by atomic mass is 79.9. The van der Waals surface area contributed by atoms with Gasteiger partial charge in [0.05, 0.1) is 10.7 Å². The van der Waals surface area contributed by atoms with Crippen molar-refractivity contribution in [2.24, 2.45) is 11.1 Å². The van der Waals surface area contributed by atoms with Crippen LogP contribution in [0.2, 0.25) is 5.02 Å². The van der Waals surface area contributed by atoms with Crippen molar-refractivity contribution < 1.29 is 9.18 Å². The third kappa shape index (κ3) is 4.75. The maximum atomic E-state index is 13.1. The van der Waals surface area contributed by atoms with Gasteiger partial charge in [-0.05, 0) is 33.5 Å². The van der Waals surface area contributed by atoms with Crippen LogP contribution < -0.4 is 11.1 Å². The molecule has 0 radical (unpaired) electrons. The third-order valence-corrected chi connectivity index (χ3v) is 3.71. The zero-order chi connectivity index (χ0) is 14.8. The van der Waals surface area contributed by atoms with Gasteiger partial charge < -0.3 is 11.1 Å². The molecule has 1 aromatic rings. The van der Waals surface area contributed by atoms with Gasteiger partial charge >= 0.3 is 0 Å². The lowest BCUT2D eigenvalue weighted by atomic mass is 9.85. The molecular weight excluding hydrogens is 335 g/mol. The molecular formula is C13H17BrClFN2O. The van der Waals surface area contributed by atoms with Crippen molar-refractivity contribution in [2.75, 3.05) is 5.32 Å². The molecule has 0 aliphatic carbocycles. The highest BCUT2D eigenvalue weighted by Gasteiger charge is 2.23. The lowest BCUT2D eigenvalue weighted by Crippen LogP contribution is -2.38. The number of anilines is 1. The van der Waals surface area contributed by atoms with Crippen LogP contribution in [0.3, 0.4) is 0 Å². The second-order valence-electron chi connectivity index (χ2n) is 5.47. The standard InChI is InChI=1S/C13H17BrClFN2O/c1-13(2,3)10(17)6-11(19)18-12-8(14)4-7(16)5-9(12)15/h4-5,10H,6,17H2,1-3H3,(H,18,19). The quantitative estimate of drug-likeness (QED) is 0.866. The molecule has 19 heavy (non-hydrogen) atoms. The van der Waals surface area contributed by atoms with Gasteiger partial charge in [-0.2, -0.15) is 0 Å². The number of amides is 1. The summed E-state index contributed by atoms with van der Waals surface area (Å²) in [5.41, 5.74) is 6.13. The first-order valence-electron chi connectivity index (χ1n) is 5.81. The number of carbonyl (C=O) groups is 1. The average molecular weight is 352 g/mol. The number of nitrogens with two attached hydrogens (primary N) is 1. The minimum Gasteiger partial charge on any atom is -0.327 e. The molecule has 0 aromatic heterocycles. The Labute approximate surface area is 125 Å². The van der Waals surface area contributed by atoms with E-state index in [1.165, 1.54) is 6.07 Å². The molecule has 106 valence electrons. The van der Waals surface area contributed by atoms with Crippen LogP contribution in [-0.2, 0) is 4.79 Å². The van der Waals surface area contributed by atoms with Crippen LogP contribution in [0.4, 0.5) is 10.1 Å². The van der Waals surface area contributed by atoms with E-state index in [9.17, 15) is 9.18 Å². The molecule has 0 fully saturated rings. The molecule has 6 heteroatoms. The Balaban J connectivity index is 2.79. The summed E-state index contributed by atoms with van der Waals surface area (Å²) in [5.74, 6) is -0.724. The number of benzene rings is 1. The van der Waals surface area contributed by atoms with Gasteiger partial charge in [-0.1, -0.05) is 32.4 Å². The predicted molar refractivity (Wildman–Crippen MR) is 79.8 cm³/mol. The largest absolute Gasteiger partial charge is 0.327 e. The Morgan fingerprint density at radius 2 is 2.11 bits per heavy atom. The molecule has 1 aromatic carbocycles. The summed E-state index contributed by atoms with van der Waals surface area (Å²) in [5, 5.41) is 2.79. The first kappa shape index (κ1) is 16.4. The van der Waals surface area contributed by atoms with Crippen LogP contribution in [0.25, 0.3) is 0 Å². The maximum absolute atomic E-state index is 13.1. The fourth-order valence-corrected chi connectivity index (χ4v) is 2.26. The van der Waals surface area contributed by atoms with Gasteiger partial charge in [0, 0.05) is 16.9 Å². The smallest absolute Gasteiger partial charge is 0.226 e. The topological polar surface area (TPSA) is 55.1 Å². The van der Waals surface area contributed by atoms with Gasteiger partial charge in [-0.15, -0.1) is 0 Å². The van der Waals surface area contributed by atoms with Crippen molar-refractivity contribution in [1.82, 2.24) is 0 Å². The molecule has 1 atom stereocenters. The highest BCUT2D eigenvalue weighted by Crippen LogP contribution is 2.32. The van der Waals surface area contributed by atoms with Crippen LogP contribution in [0.5, 0.6) is 0 Å². The fourth-order valence-electron chi connectivity index (χ4n) is 1.36. The third-order valence-electron chi connectivity index (χ3n) is 2.79. The Morgan fingerprint density at radius 1 is 1.53 bits per heavy atom. The molecule has 1 amide bonds. The van der Waals surface area contributed by atoms with Crippen molar-refractivity contribution in [3.05, 3.63) is 27.4 Å². The van der Waals surface area contributed by atoms with Crippen LogP contribution in [0.1, 0.15) is 27.2 Å². The number of carbonyl (C=O) groups excluding carboxylic acids is 1. The van der Waals surface area contributed by atoms with Gasteiger partial charge in [0.25, 0.3) is 0 Å². The average Bonchev–Trinajstić information content (AvgIpc) is 2.21. The Kier molecular flexibility index (Phi) is 5.35. The summed E-state index contributed by atoms with van der Waals surface area (Å²) in [6.07, 6.45) is 0.170. The molecule has 0 spiro atoms. The summed E-state index contributed by atoms with van der Waals surface area (Å²) < 4.78 is 13.5. The molecule has 1 rings (SSSR count). The molecule has 0 aliphatic heterocycles. The lowest BCUT2D eigenvalue weighted by Gasteiger charge is -2.26. The summed E-state index contributed by atoms with van der Waals surface area (Å²) in [6.45, 7) is 5.89. The molecule has 0 saturated heterocycles. The second kappa shape index (κ2) is 6.20. The van der Waals surface area contributed by atoms with Crippen molar-refractivity contribution in [3.63, 3.8) is 0 Å². The Hall–Kier alpha value is -0.650. The first-order valence-corrected chi connectivity index (χ1v) is 6.98. The number of hydrogen-bond acceptors (Lipinski definition) is 2. The maximum Gasteiger partial charge on any atom is 0.226 e. The predicted octanol–water partition coefficient (Wildman–Crippen LogP) is 3.94. The summed E-state index contributed by atoms with van der Waals surface area (Å²) in [7, 11) is 0. The van der Waals surface area contributed by atoms with Crippen LogP contribution in [-0.4, -0.2) is 11.9 Å². The van der Waals surface area contributed by atoms with Crippen molar-refractivity contribution in [1.29, 1.82) is 0 Å². The zero-order valence-corrected chi connectivity index (χ0v) is 13.4. The minimum absolute atomic E-state index is 0.143. The Bertz CT molecular complexity index is 465. The van der Waals surface area contributed by atoms with E-state index in [1.54, 1.807) is 0 Å². The second-order valence-corrected chi connectivity index (χ2v) is 6.73. The number of halogens is 3. The van der Waals surface area contributed by atoms with Gasteiger partial charge in [0.2, 0.25) is 5.91 Å². The minimum atomic E-state index is -0.471. The summed E-state index contributed by atoms with van der Waals surface area (Å²) in [6, 6.07) is 2.11. The van der Waals surface area contributed by atoms with Gasteiger partial charge in [-0.3, -0.25) is 4.79 Å². The highest BCUT2D eigenvalue weighted by molar-refractivity contribution is 9.10. The van der Waals surface area contributed by atoms with E-state index < -0.39 is 5.82 Å². The fraction of sp³-hybridized carbons (Fsp3) is 0.462. The van der Waals surface area contributed by atoms with E-state index in [0.717, 1.165) is 6.07 Å². The van der Waals surface area contributed by atoms with Gasteiger partial charge in [0.15, 0.2) is 0 Å². The van der Waals surface area contributed by atoms with Crippen LogP contribution in [0.15, 0.2) is 16.6 Å². The number of hydrogen-bond donors (Lipinski definition) is 2. The van der Waals surface area contributed by atoms with Gasteiger partial charge in [0.1, 0.15) is 5.82 Å². The molecule has 1 unspecified atom stereocenters. The SMILES string of the molecule is CC(C)(C)C(N)CC(=O)Nc1c(Cl)cc(F)cc1Br. The van der Waals surface area contributed by atoms with E-state index in [1.807, 2.05) is 20.8 Å². The van der Waals surface area contributed by atoms with Gasteiger partial charge in [-0.25, -0.2) is 4.39 Å². The van der Waals surface area contributed by atoms with E-state index in [-0.39, 0.29) is 28.8 Å². The Morgan fingerprint density at radius 3 is 2.58 bits per heavy atom. The molecule has 0 heterocycles. The normalized spacial score (nSPS) is 13.2. The monoisotopic (exact) mass is 350 g/mol. The molecule has 3 nitrogen and oxygen atoms in total. The number of rotatable bonds is 3. The zero-order valence-electron chi connectivity index (χ0n) is 11.1. The van der Waals surface area contributed by atoms with Crippen molar-refractivity contribution in [3.8, 4) is 0 Å². The summed E-state index contributed by atoms with van der Waals surface area (Å²) in [4.78, 5) is 11.9. The van der Waals surface area contributed by atoms with Crippen molar-refractivity contribution >= 4 is 39.1 Å². The summed E-state index contributed by atoms with van der Waals surface area (Å²) >= 11 is 9.05. The van der Waals surface area contributed by atoms with Crippen LogP contribution in [0, 0.1) is 11.2 Å². The van der Waals surface area contributed by atoms with E-state index >= 15 is 0 Å². The van der Waals surface area contributed by atoms with E-state index in [2.05, 4.69) is 21.2 Å². The number of nitrogens with one attached hydrogen (secondary N) is 1. The molecule has 0 aliphatic rings. The van der Waals surface area contributed by atoms with Crippen molar-refractivity contribution in [2.45, 2.75) is 33.2 Å². The van der Waals surface area contributed by atoms with E-state index in [4.69, 9.17) is 17.3 Å². The molecule has 0 saturated carbocycles.